The highest BCUT2D eigenvalue weighted by molar-refractivity contribution is 7.09. The van der Waals surface area contributed by atoms with Gasteiger partial charge in [0.05, 0.1) is 16.7 Å². The van der Waals surface area contributed by atoms with Gasteiger partial charge in [-0.25, -0.2) is 9.97 Å². The Morgan fingerprint density at radius 3 is 2.65 bits per heavy atom. The van der Waals surface area contributed by atoms with Crippen LogP contribution < -0.4 is 5.32 Å². The van der Waals surface area contributed by atoms with E-state index in [0.29, 0.717) is 5.92 Å². The first-order chi connectivity index (χ1) is 8.16. The first-order valence-corrected chi connectivity index (χ1v) is 6.67. The number of nitrogens with zero attached hydrogens (tertiary/aromatic N) is 2. The molecule has 0 aliphatic heterocycles. The summed E-state index contributed by atoms with van der Waals surface area (Å²) in [5, 5.41) is 6.65. The van der Waals surface area contributed by atoms with E-state index in [0.717, 1.165) is 11.5 Å². The van der Waals surface area contributed by atoms with Gasteiger partial charge >= 0.3 is 0 Å². The highest BCUT2D eigenvalue weighted by Crippen LogP contribution is 2.24. The van der Waals surface area contributed by atoms with Crippen molar-refractivity contribution in [3.8, 4) is 0 Å². The molecule has 1 N–H and O–H groups in total. The number of hydrogen-bond acceptors (Lipinski definition) is 4. The molecule has 2 rings (SSSR count). The summed E-state index contributed by atoms with van der Waals surface area (Å²) in [6.07, 6.45) is 1.79. The van der Waals surface area contributed by atoms with Crippen molar-refractivity contribution in [2.75, 3.05) is 5.32 Å². The highest BCUT2D eigenvalue weighted by Gasteiger charge is 2.11. The number of nitrogens with one attached hydrogen (secondary N) is 1. The van der Waals surface area contributed by atoms with Crippen LogP contribution in [0.2, 0.25) is 0 Å². The van der Waals surface area contributed by atoms with Gasteiger partial charge in [0.1, 0.15) is 5.82 Å². The number of thiazole rings is 1. The maximum atomic E-state index is 4.63. The Hall–Kier alpha value is -1.42. The lowest BCUT2D eigenvalue weighted by Crippen LogP contribution is -2.08. The van der Waals surface area contributed by atoms with Crippen molar-refractivity contribution in [1.82, 2.24) is 9.97 Å². The van der Waals surface area contributed by atoms with Gasteiger partial charge in [-0.05, 0) is 19.1 Å². The van der Waals surface area contributed by atoms with Gasteiger partial charge in [-0.3, -0.25) is 0 Å². The summed E-state index contributed by atoms with van der Waals surface area (Å²) in [5.41, 5.74) is 1.09. The van der Waals surface area contributed by atoms with Gasteiger partial charge in [-0.2, -0.15) is 0 Å². The van der Waals surface area contributed by atoms with Gasteiger partial charge < -0.3 is 5.32 Å². The summed E-state index contributed by atoms with van der Waals surface area (Å²) < 4.78 is 0. The third-order valence-corrected chi connectivity index (χ3v) is 3.67. The van der Waals surface area contributed by atoms with Gasteiger partial charge in [0.15, 0.2) is 0 Å². The van der Waals surface area contributed by atoms with Crippen LogP contribution in [0.4, 0.5) is 5.82 Å². The fourth-order valence-electron chi connectivity index (χ4n) is 1.51. The van der Waals surface area contributed by atoms with Crippen LogP contribution in [0, 0.1) is 0 Å². The first-order valence-electron chi connectivity index (χ1n) is 5.79. The van der Waals surface area contributed by atoms with Crippen molar-refractivity contribution < 1.29 is 0 Å². The van der Waals surface area contributed by atoms with E-state index in [2.05, 4.69) is 41.4 Å². The summed E-state index contributed by atoms with van der Waals surface area (Å²) in [6, 6.07) is 6.04. The Labute approximate surface area is 106 Å². The lowest BCUT2D eigenvalue weighted by Gasteiger charge is -2.11. The van der Waals surface area contributed by atoms with E-state index in [-0.39, 0.29) is 6.04 Å². The molecule has 1 atom stereocenters. The molecule has 0 aliphatic carbocycles. The minimum atomic E-state index is 0.189. The smallest absolute Gasteiger partial charge is 0.126 e. The van der Waals surface area contributed by atoms with E-state index in [1.165, 1.54) is 5.01 Å². The standard InChI is InChI=1S/C13H17N3S/c1-9(2)13-16-11(8-17-13)10(3)15-12-6-4-5-7-14-12/h4-10H,1-3H3,(H,14,15). The van der Waals surface area contributed by atoms with Crippen LogP contribution in [0.1, 0.15) is 43.4 Å². The summed E-state index contributed by atoms with van der Waals surface area (Å²) in [6.45, 7) is 6.44. The van der Waals surface area contributed by atoms with E-state index < -0.39 is 0 Å². The molecule has 0 fully saturated rings. The van der Waals surface area contributed by atoms with Crippen LogP contribution in [0.15, 0.2) is 29.8 Å². The third kappa shape index (κ3) is 3.03. The molecule has 0 bridgehead atoms. The Bertz CT molecular complexity index is 465. The van der Waals surface area contributed by atoms with Crippen LogP contribution in [0.25, 0.3) is 0 Å². The molecular weight excluding hydrogens is 230 g/mol. The minimum absolute atomic E-state index is 0.189. The zero-order valence-electron chi connectivity index (χ0n) is 10.3. The first kappa shape index (κ1) is 12.0. The Balaban J connectivity index is 2.07. The summed E-state index contributed by atoms with van der Waals surface area (Å²) in [5.74, 6) is 1.38. The molecule has 90 valence electrons. The molecular formula is C13H17N3S. The Kier molecular flexibility index (Phi) is 3.74. The van der Waals surface area contributed by atoms with Crippen molar-refractivity contribution in [3.05, 3.63) is 40.5 Å². The fraction of sp³-hybridized carbons (Fsp3) is 0.385. The van der Waals surface area contributed by atoms with Crippen LogP contribution in [0.3, 0.4) is 0 Å². The van der Waals surface area contributed by atoms with Gasteiger partial charge in [0.25, 0.3) is 0 Å². The van der Waals surface area contributed by atoms with Gasteiger partial charge in [0, 0.05) is 17.5 Å². The fourth-order valence-corrected chi connectivity index (χ4v) is 2.44. The molecule has 2 heterocycles. The topological polar surface area (TPSA) is 37.8 Å². The van der Waals surface area contributed by atoms with Crippen LogP contribution >= 0.6 is 11.3 Å². The Morgan fingerprint density at radius 2 is 2.06 bits per heavy atom. The van der Waals surface area contributed by atoms with E-state index in [1.807, 2.05) is 18.2 Å². The summed E-state index contributed by atoms with van der Waals surface area (Å²) in [7, 11) is 0. The second-order valence-electron chi connectivity index (χ2n) is 4.35. The van der Waals surface area contributed by atoms with Crippen molar-refractivity contribution >= 4 is 17.2 Å². The quantitative estimate of drug-likeness (QED) is 0.892. The minimum Gasteiger partial charge on any atom is -0.362 e. The average molecular weight is 247 g/mol. The van der Waals surface area contributed by atoms with Crippen molar-refractivity contribution in [1.29, 1.82) is 0 Å². The summed E-state index contributed by atoms with van der Waals surface area (Å²) >= 11 is 1.73. The predicted octanol–water partition coefficient (Wildman–Crippen LogP) is 3.83. The SMILES string of the molecule is CC(C)c1nc(C(C)Nc2ccccn2)cs1. The molecule has 0 saturated heterocycles. The second-order valence-corrected chi connectivity index (χ2v) is 5.24. The van der Waals surface area contributed by atoms with Crippen LogP contribution in [-0.2, 0) is 0 Å². The predicted molar refractivity (Wildman–Crippen MR) is 72.5 cm³/mol. The lowest BCUT2D eigenvalue weighted by molar-refractivity contribution is 0.798. The third-order valence-electron chi connectivity index (χ3n) is 2.51. The lowest BCUT2D eigenvalue weighted by atomic mass is 10.2. The number of anilines is 1. The molecule has 0 aromatic carbocycles. The second kappa shape index (κ2) is 5.27. The van der Waals surface area contributed by atoms with E-state index in [4.69, 9.17) is 0 Å². The van der Waals surface area contributed by atoms with Gasteiger partial charge in [-0.15, -0.1) is 11.3 Å². The molecule has 4 heteroatoms. The Morgan fingerprint density at radius 1 is 1.24 bits per heavy atom. The number of hydrogen-bond donors (Lipinski definition) is 1. The largest absolute Gasteiger partial charge is 0.362 e. The number of rotatable bonds is 4. The summed E-state index contributed by atoms with van der Waals surface area (Å²) in [4.78, 5) is 8.88. The maximum Gasteiger partial charge on any atom is 0.126 e. The zero-order chi connectivity index (χ0) is 12.3. The molecule has 0 radical (unpaired) electrons. The highest BCUT2D eigenvalue weighted by atomic mass is 32.1. The molecule has 0 spiro atoms. The molecule has 3 nitrogen and oxygen atoms in total. The van der Waals surface area contributed by atoms with Crippen molar-refractivity contribution in [2.24, 2.45) is 0 Å². The molecule has 17 heavy (non-hydrogen) atoms. The zero-order valence-corrected chi connectivity index (χ0v) is 11.2. The molecule has 0 amide bonds. The van der Waals surface area contributed by atoms with Gasteiger partial charge in [-0.1, -0.05) is 19.9 Å². The molecule has 2 aromatic rings. The van der Waals surface area contributed by atoms with E-state index in [9.17, 15) is 0 Å². The molecule has 1 unspecified atom stereocenters. The molecule has 0 aliphatic rings. The number of aromatic nitrogens is 2. The number of pyridine rings is 1. The average Bonchev–Trinajstić information content (AvgIpc) is 2.79. The monoisotopic (exact) mass is 247 g/mol. The van der Waals surface area contributed by atoms with E-state index in [1.54, 1.807) is 17.5 Å². The molecule has 0 saturated carbocycles. The van der Waals surface area contributed by atoms with Crippen LogP contribution in [0.5, 0.6) is 0 Å². The van der Waals surface area contributed by atoms with Crippen molar-refractivity contribution in [2.45, 2.75) is 32.7 Å². The van der Waals surface area contributed by atoms with Crippen LogP contribution in [-0.4, -0.2) is 9.97 Å². The molecule has 2 aromatic heterocycles. The maximum absolute atomic E-state index is 4.63. The van der Waals surface area contributed by atoms with Gasteiger partial charge in [0.2, 0.25) is 0 Å². The van der Waals surface area contributed by atoms with E-state index >= 15 is 0 Å². The normalized spacial score (nSPS) is 12.7. The van der Waals surface area contributed by atoms with Crippen molar-refractivity contribution in [3.63, 3.8) is 0 Å².